The van der Waals surface area contributed by atoms with E-state index in [1.165, 1.54) is 28.9 Å². The average molecular weight is 466 g/mol. The van der Waals surface area contributed by atoms with Crippen molar-refractivity contribution < 1.29 is 17.6 Å². The van der Waals surface area contributed by atoms with Crippen molar-refractivity contribution in [2.75, 3.05) is 0 Å². The Labute approximate surface area is 190 Å². The zero-order chi connectivity index (χ0) is 23.9. The van der Waals surface area contributed by atoms with Crippen LogP contribution >= 0.6 is 0 Å². The molecule has 5 aromatic rings. The molecule has 0 unspecified atom stereocenters. The highest BCUT2D eigenvalue weighted by Gasteiger charge is 2.30. The first-order valence-electron chi connectivity index (χ1n) is 10.5. The molecule has 0 radical (unpaired) electrons. The molecule has 0 spiro atoms. The third kappa shape index (κ3) is 4.12. The normalized spacial score (nSPS) is 11.9. The summed E-state index contributed by atoms with van der Waals surface area (Å²) in [4.78, 5) is 20.9. The van der Waals surface area contributed by atoms with E-state index in [-0.39, 0.29) is 17.3 Å². The van der Waals surface area contributed by atoms with Crippen LogP contribution in [0.4, 0.5) is 17.6 Å². The molecule has 34 heavy (non-hydrogen) atoms. The number of benzene rings is 3. The molecule has 0 amide bonds. The van der Waals surface area contributed by atoms with E-state index in [4.69, 9.17) is 0 Å². The number of nitrogens with zero attached hydrogens (tertiary/aromatic N) is 2. The number of imidazole rings is 1. The third-order valence-electron chi connectivity index (χ3n) is 5.65. The fourth-order valence-corrected chi connectivity index (χ4v) is 3.88. The van der Waals surface area contributed by atoms with E-state index in [1.54, 1.807) is 18.2 Å². The molecular formula is C25H18F4N4O. The van der Waals surface area contributed by atoms with E-state index in [0.29, 0.717) is 35.2 Å². The first-order valence-corrected chi connectivity index (χ1v) is 10.5. The lowest BCUT2D eigenvalue weighted by Gasteiger charge is -2.08. The number of nitrogens with one attached hydrogen (secondary N) is 2. The number of hydrogen-bond acceptors (Lipinski definition) is 2. The number of aromatic nitrogens is 4. The zero-order valence-corrected chi connectivity index (χ0v) is 17.7. The SMILES string of the molecule is O=c1c(CCc2ccc(F)cc2)c(-c2ccc(C(F)(F)F)cc2)[nH]n1-c1nc2ccccc2[nH]1. The molecule has 0 aliphatic heterocycles. The maximum atomic E-state index is 13.4. The van der Waals surface area contributed by atoms with Gasteiger partial charge in [-0.25, -0.2) is 9.37 Å². The van der Waals surface area contributed by atoms with Crippen molar-refractivity contribution in [2.24, 2.45) is 0 Å². The van der Waals surface area contributed by atoms with Crippen LogP contribution in [0.5, 0.6) is 0 Å². The van der Waals surface area contributed by atoms with Crippen LogP contribution in [0.2, 0.25) is 0 Å². The number of alkyl halides is 3. The van der Waals surface area contributed by atoms with Gasteiger partial charge in [-0.3, -0.25) is 9.89 Å². The first kappa shape index (κ1) is 21.7. The molecule has 172 valence electrons. The molecule has 0 fully saturated rings. The summed E-state index contributed by atoms with van der Waals surface area (Å²) in [7, 11) is 0. The second-order valence-corrected chi connectivity index (χ2v) is 7.89. The van der Waals surface area contributed by atoms with E-state index in [9.17, 15) is 22.4 Å². The summed E-state index contributed by atoms with van der Waals surface area (Å²) in [6.07, 6.45) is -3.72. The van der Waals surface area contributed by atoms with Gasteiger partial charge < -0.3 is 4.98 Å². The predicted molar refractivity (Wildman–Crippen MR) is 120 cm³/mol. The Hall–Kier alpha value is -4.14. The van der Waals surface area contributed by atoms with Crippen molar-refractivity contribution >= 4 is 11.0 Å². The van der Waals surface area contributed by atoms with Gasteiger partial charge in [0.25, 0.3) is 5.56 Å². The lowest BCUT2D eigenvalue weighted by atomic mass is 10.0. The number of halogens is 4. The lowest BCUT2D eigenvalue weighted by Crippen LogP contribution is -2.18. The summed E-state index contributed by atoms with van der Waals surface area (Å²) in [6, 6.07) is 17.9. The van der Waals surface area contributed by atoms with Gasteiger partial charge in [0.1, 0.15) is 5.82 Å². The van der Waals surface area contributed by atoms with E-state index in [2.05, 4.69) is 15.1 Å². The molecule has 2 aromatic heterocycles. The number of hydrogen-bond donors (Lipinski definition) is 2. The topological polar surface area (TPSA) is 66.5 Å². The number of para-hydroxylation sites is 2. The Morgan fingerprint density at radius 2 is 1.59 bits per heavy atom. The smallest absolute Gasteiger partial charge is 0.322 e. The second-order valence-electron chi connectivity index (χ2n) is 7.89. The van der Waals surface area contributed by atoms with E-state index in [1.807, 2.05) is 18.2 Å². The molecule has 5 nitrogen and oxygen atoms in total. The monoisotopic (exact) mass is 466 g/mol. The predicted octanol–water partition coefficient (Wildman–Crippen LogP) is 5.65. The Bertz CT molecular complexity index is 1480. The largest absolute Gasteiger partial charge is 0.416 e. The molecule has 0 bridgehead atoms. The van der Waals surface area contributed by atoms with E-state index < -0.39 is 11.7 Å². The first-order chi connectivity index (χ1) is 16.3. The zero-order valence-electron chi connectivity index (χ0n) is 17.7. The maximum Gasteiger partial charge on any atom is 0.416 e. The van der Waals surface area contributed by atoms with Crippen molar-refractivity contribution in [3.63, 3.8) is 0 Å². The van der Waals surface area contributed by atoms with Gasteiger partial charge in [-0.2, -0.15) is 17.9 Å². The fourth-order valence-electron chi connectivity index (χ4n) is 3.88. The van der Waals surface area contributed by atoms with Crippen molar-refractivity contribution in [1.82, 2.24) is 19.7 Å². The third-order valence-corrected chi connectivity index (χ3v) is 5.65. The highest BCUT2D eigenvalue weighted by Crippen LogP contribution is 2.31. The van der Waals surface area contributed by atoms with E-state index in [0.717, 1.165) is 23.2 Å². The maximum absolute atomic E-state index is 13.4. The quantitative estimate of drug-likeness (QED) is 0.329. The Morgan fingerprint density at radius 1 is 0.882 bits per heavy atom. The summed E-state index contributed by atoms with van der Waals surface area (Å²) in [5.74, 6) is -0.0875. The molecule has 3 aromatic carbocycles. The molecule has 2 heterocycles. The molecule has 0 atom stereocenters. The highest BCUT2D eigenvalue weighted by atomic mass is 19.4. The average Bonchev–Trinajstić information content (AvgIpc) is 3.39. The van der Waals surface area contributed by atoms with Crippen LogP contribution in [0.15, 0.2) is 77.6 Å². The van der Waals surface area contributed by atoms with Crippen LogP contribution in [0.3, 0.4) is 0 Å². The standard InChI is InChI=1S/C25H18F4N4O/c26-18-12-5-15(6-13-18)7-14-19-22(16-8-10-17(11-9-16)25(27,28)29)32-33(23(19)34)24-30-20-3-1-2-4-21(20)31-24/h1-6,8-13,32H,7,14H2,(H,30,31). The molecular weight excluding hydrogens is 448 g/mol. The number of H-pyrrole nitrogens is 2. The van der Waals surface area contributed by atoms with Gasteiger partial charge in [0, 0.05) is 5.56 Å². The van der Waals surface area contributed by atoms with Crippen molar-refractivity contribution in [1.29, 1.82) is 0 Å². The summed E-state index contributed by atoms with van der Waals surface area (Å²) in [6.45, 7) is 0. The van der Waals surface area contributed by atoms with Gasteiger partial charge in [-0.1, -0.05) is 36.4 Å². The van der Waals surface area contributed by atoms with Crippen molar-refractivity contribution in [2.45, 2.75) is 19.0 Å². The minimum atomic E-state index is -4.46. The summed E-state index contributed by atoms with van der Waals surface area (Å²) >= 11 is 0. The van der Waals surface area contributed by atoms with Crippen LogP contribution in [0.25, 0.3) is 28.2 Å². The Kier molecular flexibility index (Phi) is 5.31. The van der Waals surface area contributed by atoms with Crippen LogP contribution in [-0.2, 0) is 19.0 Å². The summed E-state index contributed by atoms with van der Waals surface area (Å²) < 4.78 is 53.6. The summed E-state index contributed by atoms with van der Waals surface area (Å²) in [5, 5.41) is 3.02. The molecule has 0 aliphatic carbocycles. The Morgan fingerprint density at radius 3 is 2.26 bits per heavy atom. The van der Waals surface area contributed by atoms with Gasteiger partial charge in [0.05, 0.1) is 22.3 Å². The summed E-state index contributed by atoms with van der Waals surface area (Å²) in [5.41, 5.74) is 2.33. The van der Waals surface area contributed by atoms with Gasteiger partial charge in [0.15, 0.2) is 0 Å². The van der Waals surface area contributed by atoms with Gasteiger partial charge in [0.2, 0.25) is 5.95 Å². The number of rotatable bonds is 5. The number of aromatic amines is 2. The highest BCUT2D eigenvalue weighted by molar-refractivity contribution is 5.76. The molecule has 2 N–H and O–H groups in total. The van der Waals surface area contributed by atoms with Gasteiger partial charge in [-0.15, -0.1) is 0 Å². The minimum absolute atomic E-state index is 0.271. The van der Waals surface area contributed by atoms with Crippen LogP contribution in [0, 0.1) is 5.82 Å². The van der Waals surface area contributed by atoms with Crippen LogP contribution in [0.1, 0.15) is 16.7 Å². The lowest BCUT2D eigenvalue weighted by molar-refractivity contribution is -0.137. The van der Waals surface area contributed by atoms with Crippen LogP contribution in [-0.4, -0.2) is 19.7 Å². The molecule has 0 saturated carbocycles. The van der Waals surface area contributed by atoms with Crippen molar-refractivity contribution in [3.8, 4) is 17.2 Å². The van der Waals surface area contributed by atoms with E-state index >= 15 is 0 Å². The second kappa shape index (κ2) is 8.33. The van der Waals surface area contributed by atoms with Gasteiger partial charge in [-0.05, 0) is 60.4 Å². The Balaban J connectivity index is 1.58. The number of fused-ring (bicyclic) bond motifs is 1. The van der Waals surface area contributed by atoms with Crippen LogP contribution < -0.4 is 5.56 Å². The molecule has 5 rings (SSSR count). The number of aryl methyl sites for hydroxylation is 1. The van der Waals surface area contributed by atoms with Crippen molar-refractivity contribution in [3.05, 3.63) is 106 Å². The molecule has 0 saturated heterocycles. The molecule has 0 aliphatic rings. The minimum Gasteiger partial charge on any atom is -0.322 e. The molecule has 9 heteroatoms. The van der Waals surface area contributed by atoms with Gasteiger partial charge >= 0.3 is 6.18 Å². The fraction of sp³-hybridized carbons (Fsp3) is 0.120.